The SMILES string of the molecule is NS(=O)(=O)c1ccc(S(=O)(=O)N2C3CCC2CC(Oc2ccncc2)C3)cc1. The average Bonchev–Trinajstić information content (AvgIpc) is 2.94. The Kier molecular flexibility index (Phi) is 4.90. The Morgan fingerprint density at radius 2 is 1.43 bits per heavy atom. The van der Waals surface area contributed by atoms with Crippen molar-refractivity contribution in [2.45, 2.75) is 53.7 Å². The molecule has 2 atom stereocenters. The second kappa shape index (κ2) is 7.11. The second-order valence-corrected chi connectivity index (χ2v) is 10.5. The quantitative estimate of drug-likeness (QED) is 0.778. The smallest absolute Gasteiger partial charge is 0.243 e. The highest BCUT2D eigenvalue weighted by molar-refractivity contribution is 7.89. The summed E-state index contributed by atoms with van der Waals surface area (Å²) in [5.41, 5.74) is 0. The number of ether oxygens (including phenoxy) is 1. The van der Waals surface area contributed by atoms with E-state index in [1.54, 1.807) is 28.8 Å². The number of pyridine rings is 1. The fraction of sp³-hybridized carbons (Fsp3) is 0.389. The van der Waals surface area contributed by atoms with Crippen molar-refractivity contribution in [2.24, 2.45) is 5.14 Å². The van der Waals surface area contributed by atoms with Crippen LogP contribution in [0.3, 0.4) is 0 Å². The van der Waals surface area contributed by atoms with Crippen LogP contribution in [0.4, 0.5) is 0 Å². The number of piperidine rings is 1. The number of aromatic nitrogens is 1. The van der Waals surface area contributed by atoms with Crippen LogP contribution in [0.15, 0.2) is 58.6 Å². The highest BCUT2D eigenvalue weighted by Gasteiger charge is 2.47. The minimum absolute atomic E-state index is 0.0453. The highest BCUT2D eigenvalue weighted by Crippen LogP contribution is 2.41. The van der Waals surface area contributed by atoms with Crippen molar-refractivity contribution in [3.63, 3.8) is 0 Å². The fourth-order valence-corrected chi connectivity index (χ4v) is 6.51. The van der Waals surface area contributed by atoms with E-state index >= 15 is 0 Å². The summed E-state index contributed by atoms with van der Waals surface area (Å²) in [6.45, 7) is 0. The molecule has 1 aromatic carbocycles. The summed E-state index contributed by atoms with van der Waals surface area (Å²) >= 11 is 0. The van der Waals surface area contributed by atoms with Gasteiger partial charge in [0.15, 0.2) is 0 Å². The lowest BCUT2D eigenvalue weighted by Gasteiger charge is -2.37. The van der Waals surface area contributed by atoms with Crippen molar-refractivity contribution in [2.75, 3.05) is 0 Å². The summed E-state index contributed by atoms with van der Waals surface area (Å²) in [6, 6.07) is 8.37. The molecule has 28 heavy (non-hydrogen) atoms. The van der Waals surface area contributed by atoms with Crippen LogP contribution in [0.1, 0.15) is 25.7 Å². The van der Waals surface area contributed by atoms with E-state index in [9.17, 15) is 16.8 Å². The summed E-state index contributed by atoms with van der Waals surface area (Å²) < 4.78 is 56.7. The Bertz CT molecular complexity index is 1040. The van der Waals surface area contributed by atoms with Crippen molar-refractivity contribution in [3.8, 4) is 5.75 Å². The molecular formula is C18H21N3O5S2. The molecule has 2 fully saturated rings. The molecule has 0 saturated carbocycles. The van der Waals surface area contributed by atoms with E-state index in [0.29, 0.717) is 12.8 Å². The molecule has 2 aromatic rings. The van der Waals surface area contributed by atoms with Crippen LogP contribution >= 0.6 is 0 Å². The topological polar surface area (TPSA) is 120 Å². The molecule has 10 heteroatoms. The van der Waals surface area contributed by atoms with Gasteiger partial charge in [0.05, 0.1) is 9.79 Å². The molecule has 1 aromatic heterocycles. The number of nitrogens with two attached hydrogens (primary N) is 1. The van der Waals surface area contributed by atoms with Gasteiger partial charge in [-0.2, -0.15) is 4.31 Å². The third-order valence-electron chi connectivity index (χ3n) is 5.30. The van der Waals surface area contributed by atoms with Crippen molar-refractivity contribution < 1.29 is 21.6 Å². The molecule has 2 N–H and O–H groups in total. The van der Waals surface area contributed by atoms with Gasteiger partial charge in [-0.15, -0.1) is 0 Å². The molecule has 2 bridgehead atoms. The number of benzene rings is 1. The lowest BCUT2D eigenvalue weighted by molar-refractivity contribution is 0.0956. The molecule has 8 nitrogen and oxygen atoms in total. The Balaban J connectivity index is 1.53. The molecule has 4 rings (SSSR count). The first-order chi connectivity index (χ1) is 13.2. The maximum absolute atomic E-state index is 13.2. The molecule has 150 valence electrons. The summed E-state index contributed by atoms with van der Waals surface area (Å²) in [6.07, 6.45) is 6.09. The van der Waals surface area contributed by atoms with Crippen LogP contribution in [0.2, 0.25) is 0 Å². The zero-order valence-corrected chi connectivity index (χ0v) is 16.6. The maximum atomic E-state index is 13.2. The summed E-state index contributed by atoms with van der Waals surface area (Å²) in [4.78, 5) is 3.93. The van der Waals surface area contributed by atoms with Gasteiger partial charge in [0, 0.05) is 37.3 Å². The predicted octanol–water partition coefficient (Wildman–Crippen LogP) is 1.49. The second-order valence-electron chi connectivity index (χ2n) is 7.13. The normalized spacial score (nSPS) is 25.5. The van der Waals surface area contributed by atoms with Gasteiger partial charge in [0.2, 0.25) is 20.0 Å². The first-order valence-electron chi connectivity index (χ1n) is 8.98. The Morgan fingerprint density at radius 3 is 1.96 bits per heavy atom. The first kappa shape index (κ1) is 19.3. The van der Waals surface area contributed by atoms with E-state index in [1.807, 2.05) is 0 Å². The Morgan fingerprint density at radius 1 is 0.893 bits per heavy atom. The lowest BCUT2D eigenvalue weighted by Crippen LogP contribution is -2.49. The number of primary sulfonamides is 1. The Labute approximate surface area is 164 Å². The maximum Gasteiger partial charge on any atom is 0.243 e. The van der Waals surface area contributed by atoms with Gasteiger partial charge in [-0.05, 0) is 49.2 Å². The van der Waals surface area contributed by atoms with E-state index in [1.165, 1.54) is 24.3 Å². The molecule has 3 heterocycles. The molecule has 2 aliphatic rings. The molecule has 0 aliphatic carbocycles. The van der Waals surface area contributed by atoms with Gasteiger partial charge in [-0.25, -0.2) is 22.0 Å². The lowest BCUT2D eigenvalue weighted by atomic mass is 10.0. The molecule has 2 saturated heterocycles. The minimum Gasteiger partial charge on any atom is -0.490 e. The predicted molar refractivity (Wildman–Crippen MR) is 102 cm³/mol. The van der Waals surface area contributed by atoms with E-state index in [-0.39, 0.29) is 28.0 Å². The van der Waals surface area contributed by atoms with E-state index < -0.39 is 20.0 Å². The van der Waals surface area contributed by atoms with Gasteiger partial charge in [-0.3, -0.25) is 4.98 Å². The zero-order chi connectivity index (χ0) is 19.9. The van der Waals surface area contributed by atoms with Crippen LogP contribution in [-0.4, -0.2) is 44.3 Å². The summed E-state index contributed by atoms with van der Waals surface area (Å²) in [5, 5.41) is 5.09. The first-order valence-corrected chi connectivity index (χ1v) is 12.0. The summed E-state index contributed by atoms with van der Waals surface area (Å²) in [5.74, 6) is 0.731. The van der Waals surface area contributed by atoms with Gasteiger partial charge in [-0.1, -0.05) is 0 Å². The molecule has 0 radical (unpaired) electrons. The summed E-state index contributed by atoms with van der Waals surface area (Å²) in [7, 11) is -7.59. The van der Waals surface area contributed by atoms with Crippen molar-refractivity contribution >= 4 is 20.0 Å². The standard InChI is InChI=1S/C18H21N3O5S2/c19-27(22,23)17-3-5-18(6-4-17)28(24,25)21-13-1-2-14(21)12-16(11-13)26-15-7-9-20-10-8-15/h3-10,13-14,16H,1-2,11-12H2,(H2,19,22,23). The van der Waals surface area contributed by atoms with Crippen molar-refractivity contribution in [1.82, 2.24) is 9.29 Å². The highest BCUT2D eigenvalue weighted by atomic mass is 32.2. The minimum atomic E-state index is -3.87. The van der Waals surface area contributed by atoms with E-state index in [4.69, 9.17) is 9.88 Å². The third-order valence-corrected chi connectivity index (χ3v) is 8.25. The number of rotatable bonds is 5. The molecule has 0 spiro atoms. The van der Waals surface area contributed by atoms with Crippen LogP contribution < -0.4 is 9.88 Å². The third kappa shape index (κ3) is 3.64. The monoisotopic (exact) mass is 423 g/mol. The average molecular weight is 424 g/mol. The van der Waals surface area contributed by atoms with E-state index in [2.05, 4.69) is 4.98 Å². The number of hydrogen-bond acceptors (Lipinski definition) is 6. The number of fused-ring (bicyclic) bond motifs is 2. The van der Waals surface area contributed by atoms with Crippen molar-refractivity contribution in [1.29, 1.82) is 0 Å². The van der Waals surface area contributed by atoms with Crippen LogP contribution in [0.5, 0.6) is 5.75 Å². The molecular weight excluding hydrogens is 402 g/mol. The van der Waals surface area contributed by atoms with Crippen molar-refractivity contribution in [3.05, 3.63) is 48.8 Å². The molecule has 2 unspecified atom stereocenters. The van der Waals surface area contributed by atoms with Gasteiger partial charge < -0.3 is 4.74 Å². The molecule has 0 amide bonds. The van der Waals surface area contributed by atoms with Crippen LogP contribution in [-0.2, 0) is 20.0 Å². The van der Waals surface area contributed by atoms with Gasteiger partial charge >= 0.3 is 0 Å². The number of sulfonamides is 2. The molecule has 2 aliphatic heterocycles. The zero-order valence-electron chi connectivity index (χ0n) is 15.0. The van der Waals surface area contributed by atoms with Gasteiger partial charge in [0.25, 0.3) is 0 Å². The number of nitrogens with zero attached hydrogens (tertiary/aromatic N) is 2. The largest absolute Gasteiger partial charge is 0.490 e. The van der Waals surface area contributed by atoms with Gasteiger partial charge in [0.1, 0.15) is 11.9 Å². The van der Waals surface area contributed by atoms with Crippen LogP contribution in [0, 0.1) is 0 Å². The van der Waals surface area contributed by atoms with E-state index in [0.717, 1.165) is 18.6 Å². The fourth-order valence-electron chi connectivity index (χ4n) is 4.11. The number of hydrogen-bond donors (Lipinski definition) is 1. The Hall–Kier alpha value is -2.01. The van der Waals surface area contributed by atoms with Crippen LogP contribution in [0.25, 0.3) is 0 Å².